The lowest BCUT2D eigenvalue weighted by Gasteiger charge is -2.09. The van der Waals surface area contributed by atoms with Gasteiger partial charge in [0.25, 0.3) is 6.01 Å². The Morgan fingerprint density at radius 3 is 2.62 bits per heavy atom. The van der Waals surface area contributed by atoms with Gasteiger partial charge in [-0.15, -0.1) is 0 Å². The van der Waals surface area contributed by atoms with Crippen molar-refractivity contribution in [2.45, 2.75) is 19.3 Å². The van der Waals surface area contributed by atoms with E-state index in [1.165, 1.54) is 0 Å². The van der Waals surface area contributed by atoms with E-state index >= 15 is 0 Å². The molecule has 0 spiro atoms. The lowest BCUT2D eigenvalue weighted by molar-refractivity contribution is 0.365. The van der Waals surface area contributed by atoms with Gasteiger partial charge in [-0.05, 0) is 13.8 Å². The number of nitrogens with zero attached hydrogens (tertiary/aromatic N) is 3. The van der Waals surface area contributed by atoms with E-state index < -0.39 is 5.41 Å². The van der Waals surface area contributed by atoms with E-state index in [2.05, 4.69) is 11.1 Å². The molecule has 0 aliphatic rings. The Balaban J connectivity index is 3.12. The molecule has 0 aromatic carbocycles. The van der Waals surface area contributed by atoms with Crippen LogP contribution in [0.1, 0.15) is 19.5 Å². The average molecular weight is 179 g/mol. The van der Waals surface area contributed by atoms with Crippen molar-refractivity contribution in [3.05, 3.63) is 11.9 Å². The normalized spacial score (nSPS) is 11.0. The van der Waals surface area contributed by atoms with Crippen LogP contribution in [-0.4, -0.2) is 16.7 Å². The van der Waals surface area contributed by atoms with Crippen LogP contribution >= 0.6 is 0 Å². The Labute approximate surface area is 77.8 Å². The molecule has 0 aliphatic heterocycles. The summed E-state index contributed by atoms with van der Waals surface area (Å²) >= 11 is 0. The second-order valence-electron chi connectivity index (χ2n) is 3.46. The van der Waals surface area contributed by atoms with E-state index in [1.54, 1.807) is 11.7 Å². The minimum Gasteiger partial charge on any atom is -0.468 e. The van der Waals surface area contributed by atoms with Gasteiger partial charge < -0.3 is 9.30 Å². The van der Waals surface area contributed by atoms with Crippen LogP contribution in [0.3, 0.4) is 0 Å². The summed E-state index contributed by atoms with van der Waals surface area (Å²) in [7, 11) is 3.40. The predicted molar refractivity (Wildman–Crippen MR) is 48.4 cm³/mol. The fraction of sp³-hybridized carbons (Fsp3) is 0.556. The lowest BCUT2D eigenvalue weighted by Crippen LogP contribution is -2.14. The topological polar surface area (TPSA) is 50.8 Å². The van der Waals surface area contributed by atoms with Gasteiger partial charge in [0.1, 0.15) is 0 Å². The van der Waals surface area contributed by atoms with Crippen LogP contribution in [0, 0.1) is 11.3 Å². The molecular formula is C9H13N3O. The summed E-state index contributed by atoms with van der Waals surface area (Å²) in [4.78, 5) is 4.19. The first-order chi connectivity index (χ1) is 6.01. The molecule has 1 aromatic heterocycles. The van der Waals surface area contributed by atoms with E-state index in [0.29, 0.717) is 6.01 Å². The van der Waals surface area contributed by atoms with Crippen molar-refractivity contribution >= 4 is 0 Å². The van der Waals surface area contributed by atoms with Crippen LogP contribution in [-0.2, 0) is 12.5 Å². The number of hydrogen-bond acceptors (Lipinski definition) is 3. The molecule has 4 nitrogen and oxygen atoms in total. The minimum atomic E-state index is -0.561. The smallest absolute Gasteiger partial charge is 0.296 e. The molecule has 0 amide bonds. The molecule has 1 heterocycles. The summed E-state index contributed by atoms with van der Waals surface area (Å²) in [6.07, 6.45) is 1.81. The van der Waals surface area contributed by atoms with Gasteiger partial charge in [-0.25, -0.2) is 0 Å². The monoisotopic (exact) mass is 179 g/mol. The number of imidazole rings is 1. The molecule has 0 aliphatic carbocycles. The molecule has 0 saturated heterocycles. The van der Waals surface area contributed by atoms with Crippen LogP contribution in [0.25, 0.3) is 0 Å². The summed E-state index contributed by atoms with van der Waals surface area (Å²) in [5, 5.41) is 8.88. The quantitative estimate of drug-likeness (QED) is 0.686. The number of rotatable bonds is 2. The molecule has 0 fully saturated rings. The number of aryl methyl sites for hydroxylation is 1. The van der Waals surface area contributed by atoms with Gasteiger partial charge >= 0.3 is 0 Å². The molecule has 0 N–H and O–H groups in total. The predicted octanol–water partition coefficient (Wildman–Crippen LogP) is 1.23. The zero-order chi connectivity index (χ0) is 10.1. The molecule has 0 saturated carbocycles. The van der Waals surface area contributed by atoms with E-state index in [0.717, 1.165) is 5.69 Å². The summed E-state index contributed by atoms with van der Waals surface area (Å²) in [6, 6.07) is 2.72. The number of aromatic nitrogens is 2. The molecule has 1 aromatic rings. The first-order valence-electron chi connectivity index (χ1n) is 4.00. The fourth-order valence-corrected chi connectivity index (χ4v) is 0.997. The highest BCUT2D eigenvalue weighted by atomic mass is 16.5. The first kappa shape index (κ1) is 9.59. The average Bonchev–Trinajstić information content (AvgIpc) is 2.47. The van der Waals surface area contributed by atoms with Crippen LogP contribution in [0.2, 0.25) is 0 Å². The molecule has 70 valence electrons. The maximum absolute atomic E-state index is 8.88. The number of methoxy groups -OCH3 is 1. The molecular weight excluding hydrogens is 166 g/mol. The Bertz CT molecular complexity index is 346. The minimum absolute atomic E-state index is 0.526. The summed E-state index contributed by atoms with van der Waals surface area (Å²) in [5.41, 5.74) is 0.170. The second-order valence-corrected chi connectivity index (χ2v) is 3.46. The Hall–Kier alpha value is -1.50. The lowest BCUT2D eigenvalue weighted by atomic mass is 9.92. The van der Waals surface area contributed by atoms with Crippen molar-refractivity contribution in [3.63, 3.8) is 0 Å². The summed E-state index contributed by atoms with van der Waals surface area (Å²) in [5.74, 6) is 0. The largest absolute Gasteiger partial charge is 0.468 e. The molecule has 0 unspecified atom stereocenters. The third-order valence-electron chi connectivity index (χ3n) is 1.94. The molecule has 0 radical (unpaired) electrons. The third kappa shape index (κ3) is 1.64. The second kappa shape index (κ2) is 3.09. The fourth-order valence-electron chi connectivity index (χ4n) is 0.997. The zero-order valence-electron chi connectivity index (χ0n) is 8.33. The van der Waals surface area contributed by atoms with Crippen molar-refractivity contribution in [1.82, 2.24) is 9.55 Å². The van der Waals surface area contributed by atoms with Gasteiger partial charge in [0.2, 0.25) is 0 Å². The van der Waals surface area contributed by atoms with Crippen molar-refractivity contribution in [2.75, 3.05) is 7.11 Å². The summed E-state index contributed by atoms with van der Waals surface area (Å²) < 4.78 is 6.77. The van der Waals surface area contributed by atoms with Crippen molar-refractivity contribution < 1.29 is 4.74 Å². The van der Waals surface area contributed by atoms with Crippen molar-refractivity contribution in [2.24, 2.45) is 7.05 Å². The van der Waals surface area contributed by atoms with Gasteiger partial charge in [-0.3, -0.25) is 0 Å². The third-order valence-corrected chi connectivity index (χ3v) is 1.94. The van der Waals surface area contributed by atoms with Gasteiger partial charge in [-0.2, -0.15) is 10.2 Å². The zero-order valence-corrected chi connectivity index (χ0v) is 8.33. The number of nitriles is 1. The van der Waals surface area contributed by atoms with E-state index in [4.69, 9.17) is 10.00 Å². The maximum Gasteiger partial charge on any atom is 0.296 e. The number of ether oxygens (including phenoxy) is 1. The SMILES string of the molecule is COc1nc(C(C)(C)C#N)cn1C. The standard InChI is InChI=1S/C9H13N3O/c1-9(2,6-10)7-5-12(3)8(11-7)13-4/h5H,1-4H3. The molecule has 13 heavy (non-hydrogen) atoms. The van der Waals surface area contributed by atoms with Crippen LogP contribution in [0.15, 0.2) is 6.20 Å². The van der Waals surface area contributed by atoms with E-state index in [-0.39, 0.29) is 0 Å². The van der Waals surface area contributed by atoms with E-state index in [1.807, 2.05) is 27.1 Å². The van der Waals surface area contributed by atoms with E-state index in [9.17, 15) is 0 Å². The maximum atomic E-state index is 8.88. The molecule has 1 rings (SSSR count). The highest BCUT2D eigenvalue weighted by molar-refractivity contribution is 5.24. The van der Waals surface area contributed by atoms with Gasteiger partial charge in [0.05, 0.1) is 24.3 Å². The van der Waals surface area contributed by atoms with Crippen molar-refractivity contribution in [1.29, 1.82) is 5.26 Å². The highest BCUT2D eigenvalue weighted by Crippen LogP contribution is 2.22. The van der Waals surface area contributed by atoms with Crippen LogP contribution in [0.4, 0.5) is 0 Å². The van der Waals surface area contributed by atoms with Crippen molar-refractivity contribution in [3.8, 4) is 12.1 Å². The Morgan fingerprint density at radius 1 is 1.62 bits per heavy atom. The van der Waals surface area contributed by atoms with Gasteiger partial charge in [-0.1, -0.05) is 0 Å². The molecule has 0 bridgehead atoms. The first-order valence-corrected chi connectivity index (χ1v) is 4.00. The highest BCUT2D eigenvalue weighted by Gasteiger charge is 2.24. The van der Waals surface area contributed by atoms with Gasteiger partial charge in [0, 0.05) is 13.2 Å². The molecule has 4 heteroatoms. The Morgan fingerprint density at radius 2 is 2.23 bits per heavy atom. The summed E-state index contributed by atoms with van der Waals surface area (Å²) in [6.45, 7) is 3.66. The number of hydrogen-bond donors (Lipinski definition) is 0. The molecule has 0 atom stereocenters. The van der Waals surface area contributed by atoms with Gasteiger partial charge in [0.15, 0.2) is 0 Å². The Kier molecular flexibility index (Phi) is 2.28. The van der Waals surface area contributed by atoms with Crippen LogP contribution < -0.4 is 4.74 Å². The van der Waals surface area contributed by atoms with Crippen LogP contribution in [0.5, 0.6) is 6.01 Å².